The van der Waals surface area contributed by atoms with E-state index in [1.54, 1.807) is 0 Å². The highest BCUT2D eigenvalue weighted by atomic mass is 32.2. The second kappa shape index (κ2) is 7.92. The largest absolute Gasteiger partial charge is 0.395 e. The molecule has 0 spiro atoms. The number of hydrogen-bond acceptors (Lipinski definition) is 5. The maximum atomic E-state index is 11.5. The van der Waals surface area contributed by atoms with E-state index in [1.807, 2.05) is 13.2 Å². The number of methoxy groups -OCH3 is 1. The molecule has 3 unspecified atom stereocenters. The number of nitrogens with two attached hydrogens (primary N) is 1. The van der Waals surface area contributed by atoms with Crippen molar-refractivity contribution in [1.82, 2.24) is 5.32 Å². The third-order valence-electron chi connectivity index (χ3n) is 2.09. The van der Waals surface area contributed by atoms with E-state index >= 15 is 0 Å². The molecule has 0 aromatic rings. The second-order valence-electron chi connectivity index (χ2n) is 3.32. The Labute approximate surface area is 94.7 Å². The number of thioether (sulfide) groups is 1. The molecule has 0 saturated heterocycles. The minimum absolute atomic E-state index is 0.0105. The molecular weight excluding hydrogens is 216 g/mol. The second-order valence-corrected chi connectivity index (χ2v) is 4.39. The van der Waals surface area contributed by atoms with Gasteiger partial charge in [-0.2, -0.15) is 11.8 Å². The zero-order chi connectivity index (χ0) is 11.8. The lowest BCUT2D eigenvalue weighted by atomic mass is 10.2. The Hall–Kier alpha value is -0.300. The minimum atomic E-state index is -0.654. The summed E-state index contributed by atoms with van der Waals surface area (Å²) in [7, 11) is 1.50. The van der Waals surface area contributed by atoms with E-state index in [0.717, 1.165) is 0 Å². The molecule has 0 saturated carbocycles. The third kappa shape index (κ3) is 5.36. The number of carbonyl (C=O) groups is 1. The van der Waals surface area contributed by atoms with Gasteiger partial charge in [0, 0.05) is 18.4 Å². The van der Waals surface area contributed by atoms with Crippen molar-refractivity contribution in [2.45, 2.75) is 24.3 Å². The molecule has 0 bridgehead atoms. The molecule has 5 nitrogen and oxygen atoms in total. The fourth-order valence-corrected chi connectivity index (χ4v) is 1.74. The Morgan fingerprint density at radius 1 is 1.67 bits per heavy atom. The summed E-state index contributed by atoms with van der Waals surface area (Å²) in [5.74, 6) is -0.253. The predicted octanol–water partition coefficient (Wildman–Crippen LogP) is -0.811. The molecule has 0 fully saturated rings. The fraction of sp³-hybridized carbons (Fsp3) is 0.889. The van der Waals surface area contributed by atoms with Crippen LogP contribution in [0.3, 0.4) is 0 Å². The number of aliphatic hydroxyl groups is 1. The van der Waals surface area contributed by atoms with Gasteiger partial charge in [-0.25, -0.2) is 0 Å². The summed E-state index contributed by atoms with van der Waals surface area (Å²) in [6, 6.07) is -0.765. The monoisotopic (exact) mass is 236 g/mol. The van der Waals surface area contributed by atoms with Crippen LogP contribution in [0.2, 0.25) is 0 Å². The molecular formula is C9H20N2O3S. The maximum Gasteiger partial charge on any atom is 0.239 e. The molecule has 0 heterocycles. The molecule has 0 aromatic carbocycles. The van der Waals surface area contributed by atoms with Crippen molar-refractivity contribution >= 4 is 17.7 Å². The van der Waals surface area contributed by atoms with Crippen LogP contribution in [0.1, 0.15) is 6.92 Å². The fourth-order valence-electron chi connectivity index (χ4n) is 1.12. The van der Waals surface area contributed by atoms with Gasteiger partial charge in [0.25, 0.3) is 0 Å². The number of aliphatic hydroxyl groups excluding tert-OH is 1. The Bertz CT molecular complexity index is 188. The number of hydrogen-bond donors (Lipinski definition) is 3. The van der Waals surface area contributed by atoms with Crippen molar-refractivity contribution < 1.29 is 14.6 Å². The zero-order valence-corrected chi connectivity index (χ0v) is 10.2. The van der Waals surface area contributed by atoms with E-state index < -0.39 is 6.04 Å². The van der Waals surface area contributed by atoms with Crippen molar-refractivity contribution in [3.05, 3.63) is 0 Å². The van der Waals surface area contributed by atoms with Gasteiger partial charge in [0.15, 0.2) is 0 Å². The van der Waals surface area contributed by atoms with E-state index in [0.29, 0.717) is 0 Å². The van der Waals surface area contributed by atoms with Crippen LogP contribution in [-0.2, 0) is 9.53 Å². The van der Waals surface area contributed by atoms with Crippen LogP contribution in [0, 0.1) is 0 Å². The van der Waals surface area contributed by atoms with Gasteiger partial charge in [0.2, 0.25) is 5.91 Å². The molecule has 0 aliphatic carbocycles. The maximum absolute atomic E-state index is 11.5. The predicted molar refractivity (Wildman–Crippen MR) is 61.8 cm³/mol. The molecule has 0 aromatic heterocycles. The van der Waals surface area contributed by atoms with Crippen molar-refractivity contribution in [2.75, 3.05) is 26.6 Å². The van der Waals surface area contributed by atoms with Crippen molar-refractivity contribution in [2.24, 2.45) is 5.73 Å². The van der Waals surface area contributed by atoms with Crippen LogP contribution in [0.5, 0.6) is 0 Å². The lowest BCUT2D eigenvalue weighted by molar-refractivity contribution is -0.124. The molecule has 6 heteroatoms. The summed E-state index contributed by atoms with van der Waals surface area (Å²) in [5, 5.41) is 11.8. The van der Waals surface area contributed by atoms with Crippen LogP contribution < -0.4 is 11.1 Å². The Morgan fingerprint density at radius 2 is 2.27 bits per heavy atom. The van der Waals surface area contributed by atoms with Gasteiger partial charge in [0.1, 0.15) is 6.04 Å². The number of rotatable bonds is 7. The lowest BCUT2D eigenvalue weighted by Crippen LogP contribution is -2.50. The SMILES string of the molecule is COCC(N)C(=O)NC(C)C(CO)SC. The summed E-state index contributed by atoms with van der Waals surface area (Å²) in [6.45, 7) is 2.07. The van der Waals surface area contributed by atoms with Gasteiger partial charge in [-0.15, -0.1) is 0 Å². The average Bonchev–Trinajstić information content (AvgIpc) is 2.19. The molecule has 0 aliphatic rings. The van der Waals surface area contributed by atoms with Gasteiger partial charge in [-0.3, -0.25) is 4.79 Å². The molecule has 1 amide bonds. The van der Waals surface area contributed by atoms with E-state index in [-0.39, 0.29) is 30.4 Å². The molecule has 15 heavy (non-hydrogen) atoms. The average molecular weight is 236 g/mol. The van der Waals surface area contributed by atoms with E-state index in [9.17, 15) is 4.79 Å². The molecule has 0 radical (unpaired) electrons. The quantitative estimate of drug-likeness (QED) is 0.538. The first-order valence-electron chi connectivity index (χ1n) is 4.75. The highest BCUT2D eigenvalue weighted by Crippen LogP contribution is 2.10. The van der Waals surface area contributed by atoms with E-state index in [4.69, 9.17) is 15.6 Å². The number of nitrogens with one attached hydrogen (secondary N) is 1. The first-order valence-corrected chi connectivity index (χ1v) is 6.04. The molecule has 4 N–H and O–H groups in total. The van der Waals surface area contributed by atoms with Crippen molar-refractivity contribution in [3.8, 4) is 0 Å². The summed E-state index contributed by atoms with van der Waals surface area (Å²) < 4.78 is 4.78. The molecule has 0 aliphatic heterocycles. The molecule has 0 rings (SSSR count). The number of carbonyl (C=O) groups excluding carboxylic acids is 1. The van der Waals surface area contributed by atoms with Gasteiger partial charge in [-0.05, 0) is 13.2 Å². The van der Waals surface area contributed by atoms with Gasteiger partial charge in [0.05, 0.1) is 13.2 Å². The standard InChI is InChI=1S/C9H20N2O3S/c1-6(8(4-12)15-3)11-9(13)7(10)5-14-2/h6-8,12H,4-5,10H2,1-3H3,(H,11,13). The van der Waals surface area contributed by atoms with E-state index in [2.05, 4.69) is 5.32 Å². The first kappa shape index (κ1) is 14.7. The molecule has 3 atom stereocenters. The van der Waals surface area contributed by atoms with Crippen LogP contribution in [0.15, 0.2) is 0 Å². The summed E-state index contributed by atoms with van der Waals surface area (Å²) in [5.41, 5.74) is 5.55. The van der Waals surface area contributed by atoms with E-state index in [1.165, 1.54) is 18.9 Å². The van der Waals surface area contributed by atoms with Gasteiger partial charge in [-0.1, -0.05) is 0 Å². The van der Waals surface area contributed by atoms with Crippen LogP contribution in [-0.4, -0.2) is 54.9 Å². The van der Waals surface area contributed by atoms with Gasteiger partial charge >= 0.3 is 0 Å². The summed E-state index contributed by atoms with van der Waals surface area (Å²) >= 11 is 1.51. The van der Waals surface area contributed by atoms with Crippen molar-refractivity contribution in [3.63, 3.8) is 0 Å². The highest BCUT2D eigenvalue weighted by Gasteiger charge is 2.20. The minimum Gasteiger partial charge on any atom is -0.395 e. The Kier molecular flexibility index (Phi) is 7.76. The molecule has 90 valence electrons. The number of ether oxygens (including phenoxy) is 1. The smallest absolute Gasteiger partial charge is 0.239 e. The number of amides is 1. The normalized spacial score (nSPS) is 16.9. The van der Waals surface area contributed by atoms with Crippen molar-refractivity contribution in [1.29, 1.82) is 0 Å². The summed E-state index contributed by atoms with van der Waals surface area (Å²) in [6.07, 6.45) is 1.89. The highest BCUT2D eigenvalue weighted by molar-refractivity contribution is 7.99. The first-order chi connectivity index (χ1) is 7.06. The van der Waals surface area contributed by atoms with Crippen LogP contribution in [0.25, 0.3) is 0 Å². The Morgan fingerprint density at radius 3 is 2.67 bits per heavy atom. The lowest BCUT2D eigenvalue weighted by Gasteiger charge is -2.22. The van der Waals surface area contributed by atoms with Crippen LogP contribution >= 0.6 is 11.8 Å². The van der Waals surface area contributed by atoms with Gasteiger partial charge < -0.3 is 20.9 Å². The third-order valence-corrected chi connectivity index (χ3v) is 3.26. The summed E-state index contributed by atoms with van der Waals surface area (Å²) in [4.78, 5) is 11.5. The van der Waals surface area contributed by atoms with Crippen LogP contribution in [0.4, 0.5) is 0 Å². The topological polar surface area (TPSA) is 84.6 Å². The Balaban J connectivity index is 4.04. The zero-order valence-electron chi connectivity index (χ0n) is 9.40.